The molecule has 1 atom stereocenters. The highest BCUT2D eigenvalue weighted by Gasteiger charge is 2.26. The molecule has 0 bridgehead atoms. The van der Waals surface area contributed by atoms with Gasteiger partial charge in [-0.15, -0.1) is 0 Å². The van der Waals surface area contributed by atoms with Gasteiger partial charge in [-0.25, -0.2) is 0 Å². The average molecular weight is 265 g/mol. The van der Waals surface area contributed by atoms with E-state index >= 15 is 0 Å². The number of hydrogen-bond donors (Lipinski definition) is 3. The van der Waals surface area contributed by atoms with E-state index in [-0.39, 0.29) is 18.1 Å². The lowest BCUT2D eigenvalue weighted by atomic mass is 9.83. The summed E-state index contributed by atoms with van der Waals surface area (Å²) in [6, 6.07) is 5.72. The third kappa shape index (κ3) is 3.95. The van der Waals surface area contributed by atoms with Gasteiger partial charge in [-0.2, -0.15) is 0 Å². The van der Waals surface area contributed by atoms with Crippen LogP contribution in [0.15, 0.2) is 18.2 Å². The van der Waals surface area contributed by atoms with Gasteiger partial charge in [0.05, 0.1) is 0 Å². The van der Waals surface area contributed by atoms with E-state index in [2.05, 4.69) is 19.2 Å². The first kappa shape index (κ1) is 16.0. The smallest absolute Gasteiger partial charge is 0.120 e. The van der Waals surface area contributed by atoms with E-state index in [0.29, 0.717) is 5.75 Å². The van der Waals surface area contributed by atoms with Gasteiger partial charge in [0.2, 0.25) is 0 Å². The number of phenols is 1. The summed E-state index contributed by atoms with van der Waals surface area (Å²) in [4.78, 5) is 0. The SMILES string of the molecule is CCC(CC)(CO)CNC(C)c1cc(C)ccc1O. The lowest BCUT2D eigenvalue weighted by Gasteiger charge is -2.31. The average Bonchev–Trinajstić information content (AvgIpc) is 2.43. The monoisotopic (exact) mass is 265 g/mol. The number of phenolic OH excluding ortho intramolecular Hbond substituents is 1. The zero-order chi connectivity index (χ0) is 14.5. The fraction of sp³-hybridized carbons (Fsp3) is 0.625. The zero-order valence-electron chi connectivity index (χ0n) is 12.5. The predicted octanol–water partition coefficient (Wildman–Crippen LogP) is 3.15. The molecule has 108 valence electrons. The van der Waals surface area contributed by atoms with Gasteiger partial charge in [0, 0.05) is 30.2 Å². The molecule has 0 fully saturated rings. The number of rotatable bonds is 7. The molecule has 0 saturated heterocycles. The highest BCUT2D eigenvalue weighted by Crippen LogP contribution is 2.28. The van der Waals surface area contributed by atoms with E-state index in [4.69, 9.17) is 0 Å². The van der Waals surface area contributed by atoms with Crippen LogP contribution in [0.2, 0.25) is 0 Å². The van der Waals surface area contributed by atoms with Gasteiger partial charge in [-0.1, -0.05) is 31.5 Å². The second-order valence-electron chi connectivity index (χ2n) is 5.53. The third-order valence-corrected chi connectivity index (χ3v) is 4.27. The minimum Gasteiger partial charge on any atom is -0.508 e. The summed E-state index contributed by atoms with van der Waals surface area (Å²) in [6.07, 6.45) is 1.89. The van der Waals surface area contributed by atoms with Gasteiger partial charge in [0.15, 0.2) is 0 Å². The molecule has 1 aromatic rings. The summed E-state index contributed by atoms with van der Waals surface area (Å²) < 4.78 is 0. The molecule has 1 aromatic carbocycles. The molecule has 0 amide bonds. The van der Waals surface area contributed by atoms with Crippen molar-refractivity contribution in [3.05, 3.63) is 29.3 Å². The number of hydrogen-bond acceptors (Lipinski definition) is 3. The van der Waals surface area contributed by atoms with Gasteiger partial charge in [-0.05, 0) is 32.8 Å². The summed E-state index contributed by atoms with van der Waals surface area (Å²) in [5, 5.41) is 22.9. The molecule has 0 saturated carbocycles. The number of benzene rings is 1. The summed E-state index contributed by atoms with van der Waals surface area (Å²) in [5.74, 6) is 0.327. The second kappa shape index (κ2) is 6.92. The molecule has 0 radical (unpaired) electrons. The molecule has 3 heteroatoms. The molecule has 0 heterocycles. The Hall–Kier alpha value is -1.06. The Morgan fingerprint density at radius 1 is 1.26 bits per heavy atom. The van der Waals surface area contributed by atoms with Crippen LogP contribution >= 0.6 is 0 Å². The fourth-order valence-electron chi connectivity index (χ4n) is 2.28. The van der Waals surface area contributed by atoms with E-state index in [9.17, 15) is 10.2 Å². The fourth-order valence-corrected chi connectivity index (χ4v) is 2.28. The molecular weight excluding hydrogens is 238 g/mol. The van der Waals surface area contributed by atoms with E-state index in [1.165, 1.54) is 0 Å². The van der Waals surface area contributed by atoms with Crippen LogP contribution in [-0.4, -0.2) is 23.4 Å². The normalized spacial score (nSPS) is 13.5. The number of aromatic hydroxyl groups is 1. The van der Waals surface area contributed by atoms with Gasteiger partial charge < -0.3 is 15.5 Å². The Morgan fingerprint density at radius 2 is 1.89 bits per heavy atom. The Balaban J connectivity index is 2.74. The highest BCUT2D eigenvalue weighted by molar-refractivity contribution is 5.37. The van der Waals surface area contributed by atoms with Crippen molar-refractivity contribution < 1.29 is 10.2 Å². The van der Waals surface area contributed by atoms with Crippen molar-refractivity contribution in [1.82, 2.24) is 5.32 Å². The second-order valence-corrected chi connectivity index (χ2v) is 5.53. The van der Waals surface area contributed by atoms with Crippen molar-refractivity contribution in [2.75, 3.05) is 13.2 Å². The van der Waals surface area contributed by atoms with Crippen LogP contribution in [0.1, 0.15) is 50.8 Å². The van der Waals surface area contributed by atoms with Gasteiger partial charge >= 0.3 is 0 Å². The van der Waals surface area contributed by atoms with Gasteiger partial charge in [-0.3, -0.25) is 0 Å². The summed E-state index contributed by atoms with van der Waals surface area (Å²) in [5.41, 5.74) is 1.99. The van der Waals surface area contributed by atoms with Gasteiger partial charge in [0.1, 0.15) is 5.75 Å². The molecule has 0 aliphatic rings. The largest absolute Gasteiger partial charge is 0.508 e. The molecule has 3 nitrogen and oxygen atoms in total. The Bertz CT molecular complexity index is 391. The van der Waals surface area contributed by atoms with Crippen molar-refractivity contribution in [2.45, 2.75) is 46.6 Å². The first-order chi connectivity index (χ1) is 8.98. The Labute approximate surface area is 116 Å². The summed E-state index contributed by atoms with van der Waals surface area (Å²) in [6.45, 7) is 9.23. The van der Waals surface area contributed by atoms with E-state index in [1.807, 2.05) is 26.0 Å². The standard InChI is InChI=1S/C16H27NO2/c1-5-16(6-2,11-18)10-17-13(4)14-9-12(3)7-8-15(14)19/h7-9,13,17-19H,5-6,10-11H2,1-4H3. The van der Waals surface area contributed by atoms with Crippen molar-refractivity contribution in [3.63, 3.8) is 0 Å². The van der Waals surface area contributed by atoms with Crippen LogP contribution in [-0.2, 0) is 0 Å². The molecule has 0 aliphatic carbocycles. The molecule has 0 spiro atoms. The van der Waals surface area contributed by atoms with Crippen LogP contribution in [0.3, 0.4) is 0 Å². The minimum absolute atomic E-state index is 0.0618. The quantitative estimate of drug-likeness (QED) is 0.710. The van der Waals surface area contributed by atoms with Crippen molar-refractivity contribution in [1.29, 1.82) is 0 Å². The van der Waals surface area contributed by atoms with Crippen LogP contribution < -0.4 is 5.32 Å². The molecular formula is C16H27NO2. The van der Waals surface area contributed by atoms with Crippen LogP contribution in [0, 0.1) is 12.3 Å². The number of nitrogens with one attached hydrogen (secondary N) is 1. The predicted molar refractivity (Wildman–Crippen MR) is 79.4 cm³/mol. The zero-order valence-corrected chi connectivity index (χ0v) is 12.5. The maximum absolute atomic E-state index is 9.92. The maximum Gasteiger partial charge on any atom is 0.120 e. The topological polar surface area (TPSA) is 52.5 Å². The Morgan fingerprint density at radius 3 is 2.42 bits per heavy atom. The highest BCUT2D eigenvalue weighted by atomic mass is 16.3. The van der Waals surface area contributed by atoms with Crippen molar-refractivity contribution in [3.8, 4) is 5.75 Å². The van der Waals surface area contributed by atoms with Gasteiger partial charge in [0.25, 0.3) is 0 Å². The van der Waals surface area contributed by atoms with Crippen molar-refractivity contribution in [2.24, 2.45) is 5.41 Å². The van der Waals surface area contributed by atoms with Crippen molar-refractivity contribution >= 4 is 0 Å². The minimum atomic E-state index is -0.0618. The number of aliphatic hydroxyl groups is 1. The molecule has 0 aliphatic heterocycles. The molecule has 19 heavy (non-hydrogen) atoms. The first-order valence-corrected chi connectivity index (χ1v) is 7.11. The van der Waals surface area contributed by atoms with Crippen LogP contribution in [0.5, 0.6) is 5.75 Å². The van der Waals surface area contributed by atoms with Crippen LogP contribution in [0.25, 0.3) is 0 Å². The molecule has 1 unspecified atom stereocenters. The van der Waals surface area contributed by atoms with E-state index in [0.717, 1.165) is 30.5 Å². The van der Waals surface area contributed by atoms with E-state index < -0.39 is 0 Å². The third-order valence-electron chi connectivity index (χ3n) is 4.27. The molecule has 1 rings (SSSR count). The first-order valence-electron chi connectivity index (χ1n) is 7.11. The molecule has 0 aromatic heterocycles. The summed E-state index contributed by atoms with van der Waals surface area (Å²) >= 11 is 0. The number of aliphatic hydroxyl groups excluding tert-OH is 1. The van der Waals surface area contributed by atoms with E-state index in [1.54, 1.807) is 6.07 Å². The Kier molecular flexibility index (Phi) is 5.83. The lowest BCUT2D eigenvalue weighted by Crippen LogP contribution is -2.37. The van der Waals surface area contributed by atoms with Crippen LogP contribution in [0.4, 0.5) is 0 Å². The maximum atomic E-state index is 9.92. The summed E-state index contributed by atoms with van der Waals surface area (Å²) in [7, 11) is 0. The molecule has 3 N–H and O–H groups in total. The lowest BCUT2D eigenvalue weighted by molar-refractivity contribution is 0.110. The number of aryl methyl sites for hydroxylation is 1.